The SMILES string of the molecule is COc1ccc(C2=C(Nc3ccc(C)cc3)C(=O)N(C)C2=O)cc1. The molecular weight excluding hydrogens is 304 g/mol. The van der Waals surface area contributed by atoms with E-state index in [0.717, 1.165) is 16.2 Å². The van der Waals surface area contributed by atoms with Crippen molar-refractivity contribution in [2.24, 2.45) is 0 Å². The molecule has 0 spiro atoms. The second-order valence-electron chi connectivity index (χ2n) is 5.64. The van der Waals surface area contributed by atoms with E-state index in [1.807, 2.05) is 31.2 Å². The van der Waals surface area contributed by atoms with Gasteiger partial charge in [0.05, 0.1) is 12.7 Å². The molecule has 5 heteroatoms. The molecule has 0 saturated carbocycles. The van der Waals surface area contributed by atoms with Gasteiger partial charge in [-0.1, -0.05) is 29.8 Å². The van der Waals surface area contributed by atoms with Crippen LogP contribution in [-0.4, -0.2) is 30.9 Å². The van der Waals surface area contributed by atoms with E-state index in [4.69, 9.17) is 4.74 Å². The highest BCUT2D eigenvalue weighted by molar-refractivity contribution is 6.36. The zero-order valence-corrected chi connectivity index (χ0v) is 13.8. The van der Waals surface area contributed by atoms with Gasteiger partial charge in [-0.3, -0.25) is 14.5 Å². The van der Waals surface area contributed by atoms with Gasteiger partial charge in [-0.05, 0) is 36.8 Å². The van der Waals surface area contributed by atoms with Crippen molar-refractivity contribution < 1.29 is 14.3 Å². The number of rotatable bonds is 4. The normalized spacial score (nSPS) is 14.4. The van der Waals surface area contributed by atoms with Gasteiger partial charge in [-0.15, -0.1) is 0 Å². The molecule has 0 bridgehead atoms. The number of imide groups is 1. The molecule has 2 aromatic rings. The van der Waals surface area contributed by atoms with Crippen molar-refractivity contribution in [1.82, 2.24) is 4.90 Å². The molecule has 24 heavy (non-hydrogen) atoms. The molecule has 0 unspecified atom stereocenters. The van der Waals surface area contributed by atoms with Crippen molar-refractivity contribution in [2.75, 3.05) is 19.5 Å². The first-order valence-corrected chi connectivity index (χ1v) is 7.56. The molecule has 0 atom stereocenters. The summed E-state index contributed by atoms with van der Waals surface area (Å²) < 4.78 is 5.14. The minimum atomic E-state index is -0.341. The Morgan fingerprint density at radius 2 is 1.54 bits per heavy atom. The number of ether oxygens (including phenoxy) is 1. The number of hydrogen-bond donors (Lipinski definition) is 1. The van der Waals surface area contributed by atoms with Gasteiger partial charge >= 0.3 is 0 Å². The van der Waals surface area contributed by atoms with Crippen LogP contribution in [0.15, 0.2) is 54.2 Å². The number of benzene rings is 2. The number of likely N-dealkylation sites (N-methyl/N-ethyl adjacent to an activating group) is 1. The van der Waals surface area contributed by atoms with Gasteiger partial charge in [-0.25, -0.2) is 0 Å². The van der Waals surface area contributed by atoms with E-state index < -0.39 is 0 Å². The molecule has 1 aliphatic rings. The lowest BCUT2D eigenvalue weighted by Gasteiger charge is -2.09. The largest absolute Gasteiger partial charge is 0.497 e. The van der Waals surface area contributed by atoms with Crippen molar-refractivity contribution in [3.05, 3.63) is 65.4 Å². The van der Waals surface area contributed by atoms with E-state index in [-0.39, 0.29) is 17.5 Å². The second-order valence-corrected chi connectivity index (χ2v) is 5.64. The van der Waals surface area contributed by atoms with Crippen molar-refractivity contribution in [3.63, 3.8) is 0 Å². The van der Waals surface area contributed by atoms with Crippen molar-refractivity contribution in [2.45, 2.75) is 6.92 Å². The first kappa shape index (κ1) is 15.8. The molecule has 3 rings (SSSR count). The molecule has 2 amide bonds. The number of carbonyl (C=O) groups excluding carboxylic acids is 2. The molecule has 5 nitrogen and oxygen atoms in total. The summed E-state index contributed by atoms with van der Waals surface area (Å²) in [6.45, 7) is 1.99. The lowest BCUT2D eigenvalue weighted by atomic mass is 10.0. The summed E-state index contributed by atoms with van der Waals surface area (Å²) >= 11 is 0. The highest BCUT2D eigenvalue weighted by Crippen LogP contribution is 2.30. The van der Waals surface area contributed by atoms with Crippen LogP contribution in [0.2, 0.25) is 0 Å². The minimum Gasteiger partial charge on any atom is -0.497 e. The van der Waals surface area contributed by atoms with Crippen LogP contribution in [-0.2, 0) is 9.59 Å². The van der Waals surface area contributed by atoms with Crippen LogP contribution in [0.25, 0.3) is 5.57 Å². The van der Waals surface area contributed by atoms with Gasteiger partial charge in [0.15, 0.2) is 0 Å². The Hall–Kier alpha value is -3.08. The summed E-state index contributed by atoms with van der Waals surface area (Å²) in [6.07, 6.45) is 0. The zero-order chi connectivity index (χ0) is 17.3. The van der Waals surface area contributed by atoms with E-state index in [1.165, 1.54) is 7.05 Å². The van der Waals surface area contributed by atoms with E-state index in [2.05, 4.69) is 5.32 Å². The Morgan fingerprint density at radius 3 is 2.12 bits per heavy atom. The molecular formula is C19H18N2O3. The Kier molecular flexibility index (Phi) is 4.08. The monoisotopic (exact) mass is 322 g/mol. The van der Waals surface area contributed by atoms with Gasteiger partial charge in [0, 0.05) is 12.7 Å². The minimum absolute atomic E-state index is 0.288. The smallest absolute Gasteiger partial charge is 0.277 e. The number of amides is 2. The number of carbonyl (C=O) groups is 2. The molecule has 1 heterocycles. The lowest BCUT2D eigenvalue weighted by Crippen LogP contribution is -2.27. The van der Waals surface area contributed by atoms with Gasteiger partial charge in [0.1, 0.15) is 11.4 Å². The van der Waals surface area contributed by atoms with Gasteiger partial charge in [-0.2, -0.15) is 0 Å². The molecule has 0 saturated heterocycles. The number of nitrogens with one attached hydrogen (secondary N) is 1. The zero-order valence-electron chi connectivity index (χ0n) is 13.8. The van der Waals surface area contributed by atoms with E-state index in [0.29, 0.717) is 16.9 Å². The van der Waals surface area contributed by atoms with Crippen molar-refractivity contribution >= 4 is 23.1 Å². The lowest BCUT2D eigenvalue weighted by molar-refractivity contribution is -0.135. The number of nitrogens with zero attached hydrogens (tertiary/aromatic N) is 1. The van der Waals surface area contributed by atoms with Crippen LogP contribution in [0.5, 0.6) is 5.75 Å². The first-order valence-electron chi connectivity index (χ1n) is 7.56. The van der Waals surface area contributed by atoms with Crippen LogP contribution in [0.4, 0.5) is 5.69 Å². The Labute approximate surface area is 140 Å². The van der Waals surface area contributed by atoms with Crippen LogP contribution in [0, 0.1) is 6.92 Å². The van der Waals surface area contributed by atoms with E-state index in [1.54, 1.807) is 31.4 Å². The summed E-state index contributed by atoms with van der Waals surface area (Å²) in [5, 5.41) is 3.09. The molecule has 2 aromatic carbocycles. The summed E-state index contributed by atoms with van der Waals surface area (Å²) in [5.41, 5.74) is 3.21. The van der Waals surface area contributed by atoms with Crippen LogP contribution < -0.4 is 10.1 Å². The molecule has 1 N–H and O–H groups in total. The summed E-state index contributed by atoms with van der Waals surface area (Å²) in [6, 6.07) is 14.7. The summed E-state index contributed by atoms with van der Waals surface area (Å²) in [7, 11) is 3.06. The average Bonchev–Trinajstić information content (AvgIpc) is 2.81. The van der Waals surface area contributed by atoms with Crippen LogP contribution in [0.1, 0.15) is 11.1 Å². The van der Waals surface area contributed by atoms with Gasteiger partial charge in [0.25, 0.3) is 11.8 Å². The second kappa shape index (κ2) is 6.20. The first-order chi connectivity index (χ1) is 11.5. The Bertz CT molecular complexity index is 821. The maximum absolute atomic E-state index is 12.5. The number of aryl methyl sites for hydroxylation is 1. The van der Waals surface area contributed by atoms with Gasteiger partial charge < -0.3 is 10.1 Å². The maximum atomic E-state index is 12.5. The van der Waals surface area contributed by atoms with Crippen LogP contribution in [0.3, 0.4) is 0 Å². The van der Waals surface area contributed by atoms with Crippen LogP contribution >= 0.6 is 0 Å². The van der Waals surface area contributed by atoms with Crippen molar-refractivity contribution in [1.29, 1.82) is 0 Å². The fourth-order valence-electron chi connectivity index (χ4n) is 2.56. The highest BCUT2D eigenvalue weighted by atomic mass is 16.5. The Balaban J connectivity index is 2.04. The third kappa shape index (κ3) is 2.76. The molecule has 1 aliphatic heterocycles. The number of anilines is 1. The average molecular weight is 322 g/mol. The molecule has 0 aliphatic carbocycles. The fraction of sp³-hybridized carbons (Fsp3) is 0.158. The summed E-state index contributed by atoms with van der Waals surface area (Å²) in [4.78, 5) is 26.1. The standard InChI is InChI=1S/C19H18N2O3/c1-12-4-8-14(9-5-12)20-17-16(18(22)21(2)19(17)23)13-6-10-15(24-3)11-7-13/h4-11,20H,1-3H3. The third-order valence-electron chi connectivity index (χ3n) is 3.99. The molecule has 0 radical (unpaired) electrons. The van der Waals surface area contributed by atoms with E-state index >= 15 is 0 Å². The third-order valence-corrected chi connectivity index (χ3v) is 3.99. The van der Waals surface area contributed by atoms with Crippen molar-refractivity contribution in [3.8, 4) is 5.75 Å². The molecule has 122 valence electrons. The maximum Gasteiger partial charge on any atom is 0.277 e. The predicted octanol–water partition coefficient (Wildman–Crippen LogP) is 2.83. The molecule has 0 aromatic heterocycles. The number of methoxy groups -OCH3 is 1. The van der Waals surface area contributed by atoms with E-state index in [9.17, 15) is 9.59 Å². The Morgan fingerprint density at radius 1 is 0.917 bits per heavy atom. The molecule has 0 fully saturated rings. The predicted molar refractivity (Wildman–Crippen MR) is 92.5 cm³/mol. The summed E-state index contributed by atoms with van der Waals surface area (Å²) in [5.74, 6) is 0.0312. The van der Waals surface area contributed by atoms with Gasteiger partial charge in [0.2, 0.25) is 0 Å². The fourth-order valence-corrected chi connectivity index (χ4v) is 2.56. The quantitative estimate of drug-likeness (QED) is 0.880. The topological polar surface area (TPSA) is 58.6 Å². The number of hydrogen-bond acceptors (Lipinski definition) is 4. The highest BCUT2D eigenvalue weighted by Gasteiger charge is 2.36.